The zero-order chi connectivity index (χ0) is 15.9. The molecule has 1 aliphatic carbocycles. The molecule has 1 aromatic heterocycles. The van der Waals surface area contributed by atoms with Gasteiger partial charge in [0.1, 0.15) is 6.23 Å². The highest BCUT2D eigenvalue weighted by molar-refractivity contribution is 5.85. The van der Waals surface area contributed by atoms with Crippen molar-refractivity contribution < 1.29 is 9.84 Å². The molecule has 2 bridgehead atoms. The molecule has 0 amide bonds. The third-order valence-electron chi connectivity index (χ3n) is 7.26. The van der Waals surface area contributed by atoms with Crippen LogP contribution in [0.15, 0.2) is 24.3 Å². The molecular formula is C20H24N2O2. The molecule has 4 fully saturated rings. The number of hydrogen-bond acceptors (Lipinski definition) is 3. The normalized spacial score (nSPS) is 41.0. The molecule has 5 heterocycles. The summed E-state index contributed by atoms with van der Waals surface area (Å²) in [6, 6.07) is 8.96. The number of hydrogen-bond donors (Lipinski definition) is 2. The van der Waals surface area contributed by atoms with Crippen LogP contribution in [0.25, 0.3) is 10.9 Å². The number of H-pyrrole nitrogens is 1. The Bertz CT molecular complexity index is 815. The lowest BCUT2D eigenvalue weighted by molar-refractivity contribution is -0.311. The monoisotopic (exact) mass is 324 g/mol. The van der Waals surface area contributed by atoms with E-state index in [1.165, 1.54) is 22.2 Å². The standard InChI is InChI=1S/C20H24N2O2/c23-15-6-3-7-16-20(15)10-8-17(24-16)22-11-9-13-12-4-1-2-5-14(12)21-18(13)19(20)22/h1-2,4-5,15-17,19,21,23H,3,6-11H2/t15-,16+,17-,19+,20+/m1/s1. The lowest BCUT2D eigenvalue weighted by atomic mass is 9.57. The van der Waals surface area contributed by atoms with Gasteiger partial charge in [-0.2, -0.15) is 0 Å². The number of aliphatic hydroxyl groups excluding tert-OH is 1. The number of para-hydroxylation sites is 1. The molecule has 3 saturated heterocycles. The largest absolute Gasteiger partial charge is 0.392 e. The van der Waals surface area contributed by atoms with Gasteiger partial charge in [0.15, 0.2) is 0 Å². The lowest BCUT2D eigenvalue weighted by Gasteiger charge is -2.65. The predicted molar refractivity (Wildman–Crippen MR) is 91.6 cm³/mol. The maximum absolute atomic E-state index is 11.1. The van der Waals surface area contributed by atoms with Crippen molar-refractivity contribution >= 4 is 10.9 Å². The average molecular weight is 324 g/mol. The second-order valence-electron chi connectivity index (χ2n) is 8.13. The minimum Gasteiger partial charge on any atom is -0.392 e. The van der Waals surface area contributed by atoms with Crippen molar-refractivity contribution in [1.29, 1.82) is 0 Å². The summed E-state index contributed by atoms with van der Waals surface area (Å²) in [6.07, 6.45) is 6.57. The van der Waals surface area contributed by atoms with E-state index in [4.69, 9.17) is 4.74 Å². The first-order valence-corrected chi connectivity index (χ1v) is 9.48. The Labute approximate surface area is 141 Å². The molecular weight excluding hydrogens is 300 g/mol. The van der Waals surface area contributed by atoms with E-state index < -0.39 is 0 Å². The van der Waals surface area contributed by atoms with Crippen molar-refractivity contribution in [3.05, 3.63) is 35.5 Å². The molecule has 1 saturated carbocycles. The Morgan fingerprint density at radius 2 is 2.12 bits per heavy atom. The van der Waals surface area contributed by atoms with Gasteiger partial charge in [0.25, 0.3) is 0 Å². The zero-order valence-corrected chi connectivity index (χ0v) is 13.9. The van der Waals surface area contributed by atoms with E-state index in [0.29, 0.717) is 6.04 Å². The zero-order valence-electron chi connectivity index (χ0n) is 13.9. The number of benzene rings is 1. The van der Waals surface area contributed by atoms with E-state index in [2.05, 4.69) is 34.1 Å². The summed E-state index contributed by atoms with van der Waals surface area (Å²) in [7, 11) is 0. The van der Waals surface area contributed by atoms with E-state index in [1.807, 2.05) is 0 Å². The van der Waals surface area contributed by atoms with Gasteiger partial charge in [0.05, 0.1) is 18.2 Å². The summed E-state index contributed by atoms with van der Waals surface area (Å²) in [4.78, 5) is 6.29. The van der Waals surface area contributed by atoms with Crippen LogP contribution in [0.2, 0.25) is 0 Å². The molecule has 24 heavy (non-hydrogen) atoms. The SMILES string of the molecule is O[C@@H]1CCC[C@@H]2O[C@@H]3CC[C@]12[C@@H]1c2[nH]c4ccccc4c2CCN13. The van der Waals surface area contributed by atoms with Crippen molar-refractivity contribution in [3.63, 3.8) is 0 Å². The van der Waals surface area contributed by atoms with E-state index in [1.54, 1.807) is 0 Å². The Morgan fingerprint density at radius 1 is 1.21 bits per heavy atom. The van der Waals surface area contributed by atoms with Crippen LogP contribution < -0.4 is 0 Å². The minimum atomic E-state index is -0.248. The second kappa shape index (κ2) is 4.63. The van der Waals surface area contributed by atoms with Gasteiger partial charge in [0, 0.05) is 28.6 Å². The van der Waals surface area contributed by atoms with Crippen LogP contribution in [-0.2, 0) is 11.2 Å². The lowest BCUT2D eigenvalue weighted by Crippen LogP contribution is -2.69. The predicted octanol–water partition coefficient (Wildman–Crippen LogP) is 3.12. The average Bonchev–Trinajstić information content (AvgIpc) is 3.01. The van der Waals surface area contributed by atoms with Gasteiger partial charge >= 0.3 is 0 Å². The number of aliphatic hydroxyl groups is 1. The van der Waals surface area contributed by atoms with E-state index in [0.717, 1.165) is 45.1 Å². The Morgan fingerprint density at radius 3 is 3.08 bits per heavy atom. The van der Waals surface area contributed by atoms with Crippen LogP contribution in [0.4, 0.5) is 0 Å². The van der Waals surface area contributed by atoms with Crippen molar-refractivity contribution in [1.82, 2.24) is 9.88 Å². The first kappa shape index (κ1) is 13.9. The number of nitrogens with one attached hydrogen (secondary N) is 1. The number of aromatic nitrogens is 1. The quantitative estimate of drug-likeness (QED) is 0.783. The third kappa shape index (κ3) is 1.51. The van der Waals surface area contributed by atoms with Gasteiger partial charge in [-0.1, -0.05) is 18.2 Å². The third-order valence-corrected chi connectivity index (χ3v) is 7.26. The van der Waals surface area contributed by atoms with Gasteiger partial charge < -0.3 is 14.8 Å². The molecule has 126 valence electrons. The number of nitrogens with zero attached hydrogens (tertiary/aromatic N) is 1. The van der Waals surface area contributed by atoms with Crippen molar-refractivity contribution in [2.24, 2.45) is 5.41 Å². The number of piperidine rings is 1. The highest BCUT2D eigenvalue weighted by Crippen LogP contribution is 2.62. The molecule has 2 N–H and O–H groups in total. The molecule has 7 rings (SSSR count). The van der Waals surface area contributed by atoms with Gasteiger partial charge in [0.2, 0.25) is 0 Å². The summed E-state index contributed by atoms with van der Waals surface area (Å²) in [5, 5.41) is 12.5. The van der Waals surface area contributed by atoms with Gasteiger partial charge in [-0.05, 0) is 50.2 Å². The first-order valence-electron chi connectivity index (χ1n) is 9.48. The Balaban J connectivity index is 1.59. The van der Waals surface area contributed by atoms with Crippen molar-refractivity contribution in [2.45, 2.75) is 63.0 Å². The summed E-state index contributed by atoms with van der Waals surface area (Å²) < 4.78 is 6.46. The molecule has 0 radical (unpaired) electrons. The maximum atomic E-state index is 11.1. The summed E-state index contributed by atoms with van der Waals surface area (Å²) in [5.41, 5.74) is 3.96. The summed E-state index contributed by atoms with van der Waals surface area (Å²) in [5.74, 6) is 0. The highest BCUT2D eigenvalue weighted by Gasteiger charge is 2.64. The fraction of sp³-hybridized carbons (Fsp3) is 0.600. The second-order valence-corrected chi connectivity index (χ2v) is 8.13. The number of fused-ring (bicyclic) bond motifs is 4. The number of ether oxygens (including phenoxy) is 1. The minimum absolute atomic E-state index is 0.122. The van der Waals surface area contributed by atoms with E-state index >= 15 is 0 Å². The topological polar surface area (TPSA) is 48.5 Å². The smallest absolute Gasteiger partial charge is 0.111 e. The Hall–Kier alpha value is -1.36. The van der Waals surface area contributed by atoms with E-state index in [-0.39, 0.29) is 23.9 Å². The fourth-order valence-corrected chi connectivity index (χ4v) is 6.29. The van der Waals surface area contributed by atoms with Crippen LogP contribution in [0.5, 0.6) is 0 Å². The van der Waals surface area contributed by atoms with Crippen LogP contribution in [0, 0.1) is 5.41 Å². The molecule has 1 spiro atoms. The highest BCUT2D eigenvalue weighted by atomic mass is 16.5. The molecule has 0 unspecified atom stereocenters. The van der Waals surface area contributed by atoms with Crippen LogP contribution in [-0.4, -0.2) is 40.0 Å². The van der Waals surface area contributed by atoms with Crippen molar-refractivity contribution in [3.8, 4) is 0 Å². The summed E-state index contributed by atoms with van der Waals surface area (Å²) in [6.45, 7) is 1.05. The molecule has 5 atom stereocenters. The van der Waals surface area contributed by atoms with Crippen LogP contribution in [0.3, 0.4) is 0 Å². The Kier molecular flexibility index (Phi) is 2.68. The summed E-state index contributed by atoms with van der Waals surface area (Å²) >= 11 is 0. The van der Waals surface area contributed by atoms with Crippen molar-refractivity contribution in [2.75, 3.05) is 6.54 Å². The molecule has 4 aliphatic heterocycles. The van der Waals surface area contributed by atoms with Gasteiger partial charge in [-0.15, -0.1) is 0 Å². The number of aromatic amines is 1. The fourth-order valence-electron chi connectivity index (χ4n) is 6.29. The first-order chi connectivity index (χ1) is 11.8. The van der Waals surface area contributed by atoms with Gasteiger partial charge in [-0.25, -0.2) is 0 Å². The number of rotatable bonds is 0. The van der Waals surface area contributed by atoms with Crippen LogP contribution in [0.1, 0.15) is 49.4 Å². The molecule has 4 nitrogen and oxygen atoms in total. The molecule has 4 heteroatoms. The van der Waals surface area contributed by atoms with Gasteiger partial charge in [-0.3, -0.25) is 4.90 Å². The molecule has 5 aliphatic rings. The molecule has 2 aromatic rings. The molecule has 1 aromatic carbocycles. The van der Waals surface area contributed by atoms with Crippen LogP contribution >= 0.6 is 0 Å². The van der Waals surface area contributed by atoms with E-state index in [9.17, 15) is 5.11 Å². The maximum Gasteiger partial charge on any atom is 0.111 e.